The Kier molecular flexibility index (Phi) is 5.24. The lowest BCUT2D eigenvalue weighted by Crippen LogP contribution is -2.20. The highest BCUT2D eigenvalue weighted by Crippen LogP contribution is 2.36. The van der Waals surface area contributed by atoms with E-state index in [-0.39, 0.29) is 17.2 Å². The van der Waals surface area contributed by atoms with Gasteiger partial charge in [-0.05, 0) is 44.0 Å². The van der Waals surface area contributed by atoms with Crippen LogP contribution in [0.25, 0.3) is 0 Å². The van der Waals surface area contributed by atoms with Crippen molar-refractivity contribution in [3.8, 4) is 11.5 Å². The first kappa shape index (κ1) is 19.4. The molecular formula is C22H23N3O3S. The Balaban J connectivity index is 1.48. The molecular weight excluding hydrogens is 386 g/mol. The molecule has 0 saturated carbocycles. The van der Waals surface area contributed by atoms with Crippen LogP contribution in [0.3, 0.4) is 0 Å². The molecule has 7 heteroatoms. The van der Waals surface area contributed by atoms with Gasteiger partial charge in [-0.3, -0.25) is 4.79 Å². The van der Waals surface area contributed by atoms with E-state index < -0.39 is 0 Å². The SMILES string of the molecule is CC(C(=O)Nc1nnc(C(C)(C)c2ccccc2)s1)c1ccc2c(c1)OCCO2. The molecule has 4 rings (SSSR count). The average molecular weight is 410 g/mol. The summed E-state index contributed by atoms with van der Waals surface area (Å²) < 4.78 is 11.2. The standard InChI is InChI=1S/C22H23N3O3S/c1-14(15-9-10-17-18(13-15)28-12-11-27-17)19(26)23-21-25-24-20(29-21)22(2,3)16-7-5-4-6-8-16/h4-10,13-14H,11-12H2,1-3H3,(H,23,25,26). The summed E-state index contributed by atoms with van der Waals surface area (Å²) in [6.07, 6.45) is 0. The number of amides is 1. The lowest BCUT2D eigenvalue weighted by molar-refractivity contribution is -0.117. The van der Waals surface area contributed by atoms with Gasteiger partial charge in [0, 0.05) is 5.41 Å². The van der Waals surface area contributed by atoms with Crippen LogP contribution in [0.15, 0.2) is 48.5 Å². The van der Waals surface area contributed by atoms with Crippen molar-refractivity contribution >= 4 is 22.4 Å². The number of anilines is 1. The Hall–Kier alpha value is -2.93. The number of rotatable bonds is 5. The summed E-state index contributed by atoms with van der Waals surface area (Å²) >= 11 is 1.40. The summed E-state index contributed by atoms with van der Waals surface area (Å²) in [5.41, 5.74) is 1.73. The number of fused-ring (bicyclic) bond motifs is 1. The number of carbonyl (C=O) groups is 1. The molecule has 0 aliphatic carbocycles. The van der Waals surface area contributed by atoms with Crippen molar-refractivity contribution in [1.82, 2.24) is 10.2 Å². The van der Waals surface area contributed by atoms with Gasteiger partial charge in [0.1, 0.15) is 18.2 Å². The van der Waals surface area contributed by atoms with Gasteiger partial charge in [-0.15, -0.1) is 10.2 Å². The van der Waals surface area contributed by atoms with Crippen LogP contribution < -0.4 is 14.8 Å². The van der Waals surface area contributed by atoms with Gasteiger partial charge in [-0.25, -0.2) is 0 Å². The first-order valence-electron chi connectivity index (χ1n) is 9.55. The van der Waals surface area contributed by atoms with Crippen molar-refractivity contribution in [3.05, 3.63) is 64.7 Å². The van der Waals surface area contributed by atoms with E-state index in [9.17, 15) is 4.79 Å². The minimum absolute atomic E-state index is 0.137. The third-order valence-electron chi connectivity index (χ3n) is 5.14. The van der Waals surface area contributed by atoms with Crippen LogP contribution in [-0.2, 0) is 10.2 Å². The van der Waals surface area contributed by atoms with Crippen LogP contribution in [0.4, 0.5) is 5.13 Å². The number of aromatic nitrogens is 2. The molecule has 0 spiro atoms. The first-order valence-corrected chi connectivity index (χ1v) is 10.4. The molecule has 2 aromatic carbocycles. The van der Waals surface area contributed by atoms with Crippen molar-refractivity contribution in [2.24, 2.45) is 0 Å². The average Bonchev–Trinajstić information content (AvgIpc) is 3.23. The molecule has 6 nitrogen and oxygen atoms in total. The quantitative estimate of drug-likeness (QED) is 0.677. The van der Waals surface area contributed by atoms with Gasteiger partial charge in [0.15, 0.2) is 11.5 Å². The van der Waals surface area contributed by atoms with Gasteiger partial charge in [0.25, 0.3) is 0 Å². The fourth-order valence-corrected chi connectivity index (χ4v) is 4.07. The van der Waals surface area contributed by atoms with Gasteiger partial charge in [0.05, 0.1) is 5.92 Å². The lowest BCUT2D eigenvalue weighted by atomic mass is 9.85. The summed E-state index contributed by atoms with van der Waals surface area (Å²) in [7, 11) is 0. The summed E-state index contributed by atoms with van der Waals surface area (Å²) in [5.74, 6) is 0.892. The second kappa shape index (κ2) is 7.83. The van der Waals surface area contributed by atoms with E-state index in [1.54, 1.807) is 0 Å². The van der Waals surface area contributed by atoms with Gasteiger partial charge in [0.2, 0.25) is 11.0 Å². The summed E-state index contributed by atoms with van der Waals surface area (Å²) in [4.78, 5) is 12.8. The van der Waals surface area contributed by atoms with Crippen LogP contribution in [0.1, 0.15) is 42.8 Å². The number of carbonyl (C=O) groups excluding carboxylic acids is 1. The highest BCUT2D eigenvalue weighted by atomic mass is 32.1. The van der Waals surface area contributed by atoms with E-state index in [4.69, 9.17) is 9.47 Å². The van der Waals surface area contributed by atoms with Crippen LogP contribution >= 0.6 is 11.3 Å². The maximum atomic E-state index is 12.8. The van der Waals surface area contributed by atoms with Crippen molar-refractivity contribution in [3.63, 3.8) is 0 Å². The lowest BCUT2D eigenvalue weighted by Gasteiger charge is -2.21. The second-order valence-corrected chi connectivity index (χ2v) is 8.49. The number of hydrogen-bond donors (Lipinski definition) is 1. The smallest absolute Gasteiger partial charge is 0.233 e. The molecule has 1 atom stereocenters. The highest BCUT2D eigenvalue weighted by molar-refractivity contribution is 7.15. The molecule has 1 aliphatic heterocycles. The predicted molar refractivity (Wildman–Crippen MR) is 113 cm³/mol. The van der Waals surface area contributed by atoms with Crippen molar-refractivity contribution in [1.29, 1.82) is 0 Å². The molecule has 0 saturated heterocycles. The fraction of sp³-hybridized carbons (Fsp3) is 0.318. The van der Waals surface area contributed by atoms with E-state index in [0.717, 1.165) is 16.1 Å². The van der Waals surface area contributed by atoms with E-state index >= 15 is 0 Å². The van der Waals surface area contributed by atoms with Crippen LogP contribution in [0.5, 0.6) is 11.5 Å². The number of ether oxygens (including phenoxy) is 2. The van der Waals surface area contributed by atoms with Crippen molar-refractivity contribution in [2.45, 2.75) is 32.1 Å². The zero-order valence-corrected chi connectivity index (χ0v) is 17.5. The molecule has 1 N–H and O–H groups in total. The maximum absolute atomic E-state index is 12.8. The summed E-state index contributed by atoms with van der Waals surface area (Å²) in [6, 6.07) is 15.8. The van der Waals surface area contributed by atoms with Gasteiger partial charge >= 0.3 is 0 Å². The van der Waals surface area contributed by atoms with Crippen molar-refractivity contribution < 1.29 is 14.3 Å². The Morgan fingerprint density at radius 3 is 2.55 bits per heavy atom. The molecule has 2 heterocycles. The second-order valence-electron chi connectivity index (χ2n) is 7.52. The third kappa shape index (κ3) is 3.96. The zero-order valence-electron chi connectivity index (χ0n) is 16.6. The number of hydrogen-bond acceptors (Lipinski definition) is 6. The van der Waals surface area contributed by atoms with Gasteiger partial charge in [-0.1, -0.05) is 47.7 Å². The first-order chi connectivity index (χ1) is 13.9. The predicted octanol–water partition coefficient (Wildman–Crippen LogP) is 4.38. The minimum atomic E-state index is -0.361. The Labute approximate surface area is 173 Å². The van der Waals surface area contributed by atoms with Crippen LogP contribution in [0.2, 0.25) is 0 Å². The minimum Gasteiger partial charge on any atom is -0.486 e. The zero-order chi connectivity index (χ0) is 20.4. The molecule has 1 unspecified atom stereocenters. The molecule has 3 aromatic rings. The van der Waals surface area contributed by atoms with E-state index in [1.807, 2.05) is 43.3 Å². The molecule has 1 aromatic heterocycles. The molecule has 0 bridgehead atoms. The summed E-state index contributed by atoms with van der Waals surface area (Å²) in [6.45, 7) is 7.12. The molecule has 0 fully saturated rings. The molecule has 29 heavy (non-hydrogen) atoms. The number of nitrogens with zero attached hydrogens (tertiary/aromatic N) is 2. The van der Waals surface area contributed by atoms with Crippen LogP contribution in [-0.4, -0.2) is 29.3 Å². The number of benzene rings is 2. The maximum Gasteiger partial charge on any atom is 0.233 e. The van der Waals surface area contributed by atoms with Crippen LogP contribution in [0, 0.1) is 0 Å². The van der Waals surface area contributed by atoms with Gasteiger partial charge in [-0.2, -0.15) is 0 Å². The Bertz CT molecular complexity index is 1020. The van der Waals surface area contributed by atoms with Crippen molar-refractivity contribution in [2.75, 3.05) is 18.5 Å². The van der Waals surface area contributed by atoms with E-state index in [2.05, 4.69) is 41.5 Å². The monoisotopic (exact) mass is 409 g/mol. The fourth-order valence-electron chi connectivity index (χ4n) is 3.20. The Morgan fingerprint density at radius 2 is 1.79 bits per heavy atom. The topological polar surface area (TPSA) is 73.3 Å². The largest absolute Gasteiger partial charge is 0.486 e. The van der Waals surface area contributed by atoms with Gasteiger partial charge < -0.3 is 14.8 Å². The van der Waals surface area contributed by atoms with E-state index in [1.165, 1.54) is 11.3 Å². The molecule has 150 valence electrons. The normalized spacial score (nSPS) is 14.3. The molecule has 1 aliphatic rings. The third-order valence-corrected chi connectivity index (χ3v) is 6.31. The molecule has 0 radical (unpaired) electrons. The number of nitrogens with one attached hydrogen (secondary N) is 1. The molecule has 1 amide bonds. The van der Waals surface area contributed by atoms with E-state index in [0.29, 0.717) is 29.8 Å². The summed E-state index contributed by atoms with van der Waals surface area (Å²) in [5, 5.41) is 12.8. The highest BCUT2D eigenvalue weighted by Gasteiger charge is 2.28. The Morgan fingerprint density at radius 1 is 1.07 bits per heavy atom.